The van der Waals surface area contributed by atoms with Crippen LogP contribution in [-0.4, -0.2) is 40.9 Å². The average Bonchev–Trinajstić information content (AvgIpc) is 3.09. The summed E-state index contributed by atoms with van der Waals surface area (Å²) in [5.74, 6) is -0.886. The summed E-state index contributed by atoms with van der Waals surface area (Å²) in [5.41, 5.74) is 2.59. The third kappa shape index (κ3) is 4.05. The van der Waals surface area contributed by atoms with Gasteiger partial charge in [-0.25, -0.2) is 0 Å². The monoisotopic (exact) mass is 444 g/mol. The van der Waals surface area contributed by atoms with Gasteiger partial charge in [0.2, 0.25) is 0 Å². The number of benzene rings is 2. The van der Waals surface area contributed by atoms with Crippen molar-refractivity contribution in [2.75, 3.05) is 14.2 Å². The number of aliphatic hydroxyl groups is 1. The highest BCUT2D eigenvalue weighted by atomic mass is 16.5. The molecule has 0 aliphatic carbocycles. The van der Waals surface area contributed by atoms with Gasteiger partial charge in [0.05, 0.1) is 43.6 Å². The van der Waals surface area contributed by atoms with Crippen LogP contribution in [0.15, 0.2) is 72.4 Å². The first-order valence-corrected chi connectivity index (χ1v) is 10.4. The second kappa shape index (κ2) is 9.16. The fraction of sp³-hybridized carbons (Fsp3) is 0.192. The second-order valence-corrected chi connectivity index (χ2v) is 7.67. The van der Waals surface area contributed by atoms with Crippen LogP contribution in [0.3, 0.4) is 0 Å². The molecule has 1 N–H and O–H groups in total. The first kappa shape index (κ1) is 22.1. The molecule has 0 saturated carbocycles. The van der Waals surface area contributed by atoms with E-state index in [-0.39, 0.29) is 17.9 Å². The molecule has 2 heterocycles. The normalized spacial score (nSPS) is 17.3. The fourth-order valence-corrected chi connectivity index (χ4v) is 4.07. The van der Waals surface area contributed by atoms with E-state index < -0.39 is 17.7 Å². The second-order valence-electron chi connectivity index (χ2n) is 7.67. The van der Waals surface area contributed by atoms with Gasteiger partial charge in [-0.3, -0.25) is 14.6 Å². The van der Waals surface area contributed by atoms with Gasteiger partial charge in [-0.05, 0) is 42.3 Å². The molecule has 1 unspecified atom stereocenters. The van der Waals surface area contributed by atoms with Crippen LogP contribution in [0.1, 0.15) is 28.4 Å². The minimum atomic E-state index is -0.778. The highest BCUT2D eigenvalue weighted by Gasteiger charge is 2.46. The van der Waals surface area contributed by atoms with E-state index in [1.54, 1.807) is 36.5 Å². The van der Waals surface area contributed by atoms with E-state index in [4.69, 9.17) is 9.47 Å². The highest BCUT2D eigenvalue weighted by molar-refractivity contribution is 6.46. The van der Waals surface area contributed by atoms with Crippen LogP contribution in [0, 0.1) is 6.92 Å². The molecule has 1 atom stereocenters. The lowest BCUT2D eigenvalue weighted by atomic mass is 9.92. The number of pyridine rings is 1. The summed E-state index contributed by atoms with van der Waals surface area (Å²) in [6.45, 7) is 2.03. The summed E-state index contributed by atoms with van der Waals surface area (Å²) in [7, 11) is 2.99. The molecule has 1 aromatic heterocycles. The Kier molecular flexibility index (Phi) is 6.13. The summed E-state index contributed by atoms with van der Waals surface area (Å²) in [4.78, 5) is 32.2. The molecule has 1 saturated heterocycles. The highest BCUT2D eigenvalue weighted by Crippen LogP contribution is 2.42. The molecule has 1 aliphatic rings. The lowest BCUT2D eigenvalue weighted by Crippen LogP contribution is -2.29. The Morgan fingerprint density at radius 1 is 1.03 bits per heavy atom. The average molecular weight is 444 g/mol. The molecule has 0 radical (unpaired) electrons. The summed E-state index contributed by atoms with van der Waals surface area (Å²) >= 11 is 0. The number of rotatable bonds is 6. The van der Waals surface area contributed by atoms with Gasteiger partial charge in [0.1, 0.15) is 17.3 Å². The molecule has 7 nitrogen and oxygen atoms in total. The smallest absolute Gasteiger partial charge is 0.296 e. The van der Waals surface area contributed by atoms with Crippen LogP contribution < -0.4 is 9.47 Å². The first-order valence-electron chi connectivity index (χ1n) is 10.4. The summed E-state index contributed by atoms with van der Waals surface area (Å²) in [6.07, 6.45) is 1.64. The lowest BCUT2D eigenvalue weighted by molar-refractivity contribution is -0.140. The number of ketones is 1. The Balaban J connectivity index is 1.91. The molecule has 3 aromatic rings. The summed E-state index contributed by atoms with van der Waals surface area (Å²) in [6, 6.07) is 17.0. The van der Waals surface area contributed by atoms with Gasteiger partial charge < -0.3 is 19.5 Å². The minimum Gasteiger partial charge on any atom is -0.507 e. The maximum atomic E-state index is 13.2. The van der Waals surface area contributed by atoms with Gasteiger partial charge in [0.25, 0.3) is 11.7 Å². The number of hydrogen-bond donors (Lipinski definition) is 1. The standard InChI is InChI=1S/C26H24N2O5/c1-16-8-4-5-10-19(16)23-22(24(29)20-12-11-18(32-2)14-21(20)33-3)25(30)26(31)28(23)15-17-9-6-7-13-27-17/h4-14,23,29H,15H2,1-3H3/b24-22+. The molecular formula is C26H24N2O5. The molecule has 0 bridgehead atoms. The van der Waals surface area contributed by atoms with Gasteiger partial charge in [-0.15, -0.1) is 0 Å². The number of Topliss-reactive ketones (excluding diaryl/α,β-unsaturated/α-hetero) is 1. The summed E-state index contributed by atoms with van der Waals surface area (Å²) in [5, 5.41) is 11.3. The maximum Gasteiger partial charge on any atom is 0.296 e. The van der Waals surface area contributed by atoms with E-state index >= 15 is 0 Å². The topological polar surface area (TPSA) is 89.0 Å². The number of ether oxygens (including phenoxy) is 2. The van der Waals surface area contributed by atoms with Crippen molar-refractivity contribution < 1.29 is 24.2 Å². The van der Waals surface area contributed by atoms with E-state index in [0.29, 0.717) is 22.8 Å². The van der Waals surface area contributed by atoms with Crippen molar-refractivity contribution in [2.24, 2.45) is 0 Å². The SMILES string of the molecule is COc1ccc(/C(O)=C2\C(=O)C(=O)N(Cc3ccccn3)C2c2ccccc2C)c(OC)c1. The zero-order chi connectivity index (χ0) is 23.5. The first-order chi connectivity index (χ1) is 16.0. The van der Waals surface area contributed by atoms with Crippen LogP contribution in [0.4, 0.5) is 0 Å². The molecular weight excluding hydrogens is 420 g/mol. The zero-order valence-electron chi connectivity index (χ0n) is 18.6. The van der Waals surface area contributed by atoms with E-state index in [9.17, 15) is 14.7 Å². The number of methoxy groups -OCH3 is 2. The van der Waals surface area contributed by atoms with Crippen LogP contribution in [0.25, 0.3) is 5.76 Å². The van der Waals surface area contributed by atoms with Crippen molar-refractivity contribution in [2.45, 2.75) is 19.5 Å². The van der Waals surface area contributed by atoms with Gasteiger partial charge >= 0.3 is 0 Å². The van der Waals surface area contributed by atoms with Crippen LogP contribution in [0.2, 0.25) is 0 Å². The van der Waals surface area contributed by atoms with Gasteiger partial charge in [-0.2, -0.15) is 0 Å². The van der Waals surface area contributed by atoms with Crippen LogP contribution in [0.5, 0.6) is 11.5 Å². The maximum absolute atomic E-state index is 13.2. The van der Waals surface area contributed by atoms with E-state index in [1.807, 2.05) is 37.3 Å². The minimum absolute atomic E-state index is 0.00805. The van der Waals surface area contributed by atoms with Crippen molar-refractivity contribution in [1.29, 1.82) is 0 Å². The number of carbonyl (C=O) groups excluding carboxylic acids is 2. The molecule has 1 fully saturated rings. The molecule has 2 aromatic carbocycles. The summed E-state index contributed by atoms with van der Waals surface area (Å²) < 4.78 is 10.7. The van der Waals surface area contributed by atoms with Crippen molar-refractivity contribution >= 4 is 17.4 Å². The Bertz CT molecular complexity index is 1240. The predicted molar refractivity (Wildman–Crippen MR) is 123 cm³/mol. The largest absolute Gasteiger partial charge is 0.507 e. The van der Waals surface area contributed by atoms with Crippen LogP contribution >= 0.6 is 0 Å². The van der Waals surface area contributed by atoms with Crippen molar-refractivity contribution in [3.63, 3.8) is 0 Å². The van der Waals surface area contributed by atoms with E-state index in [0.717, 1.165) is 11.1 Å². The van der Waals surface area contributed by atoms with Gasteiger partial charge in [-0.1, -0.05) is 30.3 Å². The number of likely N-dealkylation sites (tertiary alicyclic amines) is 1. The number of carbonyl (C=O) groups is 2. The van der Waals surface area contributed by atoms with E-state index in [2.05, 4.69) is 4.98 Å². The van der Waals surface area contributed by atoms with Crippen molar-refractivity contribution in [3.8, 4) is 11.5 Å². The Morgan fingerprint density at radius 3 is 2.45 bits per heavy atom. The lowest BCUT2D eigenvalue weighted by Gasteiger charge is -2.26. The molecule has 1 aliphatic heterocycles. The Hall–Kier alpha value is -4.13. The third-order valence-corrected chi connectivity index (χ3v) is 5.75. The van der Waals surface area contributed by atoms with E-state index in [1.165, 1.54) is 19.1 Å². The predicted octanol–water partition coefficient (Wildman–Crippen LogP) is 4.03. The van der Waals surface area contributed by atoms with Crippen molar-refractivity contribution in [1.82, 2.24) is 9.88 Å². The molecule has 0 spiro atoms. The Morgan fingerprint density at radius 2 is 1.79 bits per heavy atom. The number of amides is 1. The Labute approximate surface area is 191 Å². The number of hydrogen-bond acceptors (Lipinski definition) is 6. The molecule has 4 rings (SSSR count). The zero-order valence-corrected chi connectivity index (χ0v) is 18.6. The number of nitrogens with zero attached hydrogens (tertiary/aromatic N) is 2. The quantitative estimate of drug-likeness (QED) is 0.351. The van der Waals surface area contributed by atoms with Crippen molar-refractivity contribution in [3.05, 3.63) is 94.8 Å². The van der Waals surface area contributed by atoms with Crippen LogP contribution in [-0.2, 0) is 16.1 Å². The number of aromatic nitrogens is 1. The molecule has 1 amide bonds. The molecule has 33 heavy (non-hydrogen) atoms. The number of aryl methyl sites for hydroxylation is 1. The fourth-order valence-electron chi connectivity index (χ4n) is 4.07. The molecule has 7 heteroatoms. The van der Waals surface area contributed by atoms with Gasteiger partial charge in [0.15, 0.2) is 0 Å². The molecule has 168 valence electrons. The third-order valence-electron chi connectivity index (χ3n) is 5.75. The number of aliphatic hydroxyl groups excluding tert-OH is 1. The van der Waals surface area contributed by atoms with Gasteiger partial charge in [0, 0.05) is 12.3 Å².